The van der Waals surface area contributed by atoms with Gasteiger partial charge in [-0.1, -0.05) is 12.1 Å². The van der Waals surface area contributed by atoms with Crippen LogP contribution in [0.1, 0.15) is 6.92 Å². The summed E-state index contributed by atoms with van der Waals surface area (Å²) in [4.78, 5) is 8.66. The van der Waals surface area contributed by atoms with E-state index in [2.05, 4.69) is 25.3 Å². The molecular weight excluding hydrogens is 401 g/mol. The van der Waals surface area contributed by atoms with E-state index in [1.807, 2.05) is 0 Å². The van der Waals surface area contributed by atoms with E-state index in [0.29, 0.717) is 22.8 Å². The van der Waals surface area contributed by atoms with Crippen LogP contribution >= 0.6 is 0 Å². The molecule has 0 aliphatic rings. The Bertz CT molecular complexity index is 997. The maximum Gasteiger partial charge on any atom is 0.573 e. The number of halogens is 3. The molecule has 7 nitrogen and oxygen atoms in total. The van der Waals surface area contributed by atoms with Crippen molar-refractivity contribution in [3.05, 3.63) is 54.6 Å². The number of ether oxygens (including phenoxy) is 1. The number of alkyl halides is 3. The average molecular weight is 420 g/mol. The third kappa shape index (κ3) is 5.98. The highest BCUT2D eigenvalue weighted by atomic mass is 19.4. The Hall–Kier alpha value is -3.53. The van der Waals surface area contributed by atoms with Gasteiger partial charge in [0, 0.05) is 23.4 Å². The molecule has 0 aliphatic heterocycles. The number of anilines is 3. The van der Waals surface area contributed by atoms with Crippen molar-refractivity contribution in [2.75, 3.05) is 17.2 Å². The third-order valence-electron chi connectivity index (χ3n) is 3.88. The summed E-state index contributed by atoms with van der Waals surface area (Å²) in [5, 5.41) is 24.7. The first-order valence-electron chi connectivity index (χ1n) is 8.90. The Morgan fingerprint density at radius 1 is 1.07 bits per heavy atom. The summed E-state index contributed by atoms with van der Waals surface area (Å²) >= 11 is 0. The molecule has 1 heterocycles. The van der Waals surface area contributed by atoms with Gasteiger partial charge >= 0.3 is 6.36 Å². The van der Waals surface area contributed by atoms with Crippen molar-refractivity contribution >= 4 is 17.5 Å². The van der Waals surface area contributed by atoms with E-state index in [1.54, 1.807) is 31.2 Å². The molecule has 3 aromatic rings. The summed E-state index contributed by atoms with van der Waals surface area (Å²) in [5.74, 6) is 0.271. The van der Waals surface area contributed by atoms with Gasteiger partial charge in [-0.05, 0) is 43.3 Å². The fraction of sp³-hybridized carbons (Fsp3) is 0.200. The highest BCUT2D eigenvalue weighted by Gasteiger charge is 2.31. The number of phenols is 1. The van der Waals surface area contributed by atoms with Crippen LogP contribution in [0.2, 0.25) is 0 Å². The number of aliphatic hydroxyl groups excluding tert-OH is 1. The monoisotopic (exact) mass is 420 g/mol. The lowest BCUT2D eigenvalue weighted by atomic mass is 10.1. The number of nitrogens with one attached hydrogen (secondary N) is 2. The first-order valence-corrected chi connectivity index (χ1v) is 8.90. The number of phenolic OH excluding ortho intramolecular Hbond substituents is 1. The maximum atomic E-state index is 12.5. The van der Waals surface area contributed by atoms with Crippen molar-refractivity contribution in [2.45, 2.75) is 19.3 Å². The van der Waals surface area contributed by atoms with E-state index < -0.39 is 6.36 Å². The molecule has 30 heavy (non-hydrogen) atoms. The van der Waals surface area contributed by atoms with Crippen LogP contribution in [-0.2, 0) is 0 Å². The number of hydrogen-bond acceptors (Lipinski definition) is 7. The summed E-state index contributed by atoms with van der Waals surface area (Å²) in [5.41, 5.74) is 1.35. The molecular formula is C20H19F3N4O3. The van der Waals surface area contributed by atoms with Gasteiger partial charge in [0.2, 0.25) is 5.95 Å². The predicted molar refractivity (Wildman–Crippen MR) is 106 cm³/mol. The smallest absolute Gasteiger partial charge is 0.508 e. The number of rotatable bonds is 7. The Kier molecular flexibility index (Phi) is 6.26. The van der Waals surface area contributed by atoms with Crippen molar-refractivity contribution in [2.24, 2.45) is 0 Å². The molecule has 158 valence electrons. The highest BCUT2D eigenvalue weighted by Crippen LogP contribution is 2.29. The molecule has 0 saturated carbocycles. The minimum absolute atomic E-state index is 0.101. The van der Waals surface area contributed by atoms with Crippen molar-refractivity contribution in [3.8, 4) is 22.8 Å². The fourth-order valence-corrected chi connectivity index (χ4v) is 2.53. The number of nitrogens with zero attached hydrogens (tertiary/aromatic N) is 2. The molecule has 0 fully saturated rings. The van der Waals surface area contributed by atoms with Gasteiger partial charge in [-0.3, -0.25) is 0 Å². The molecule has 0 saturated heterocycles. The second kappa shape index (κ2) is 8.87. The largest absolute Gasteiger partial charge is 0.573 e. The van der Waals surface area contributed by atoms with Gasteiger partial charge in [-0.25, -0.2) is 4.98 Å². The number of aromatic nitrogens is 2. The van der Waals surface area contributed by atoms with E-state index in [0.717, 1.165) is 0 Å². The van der Waals surface area contributed by atoms with Crippen molar-refractivity contribution < 1.29 is 28.1 Å². The minimum atomic E-state index is -4.81. The zero-order valence-corrected chi connectivity index (χ0v) is 15.8. The molecule has 10 heteroatoms. The molecule has 0 radical (unpaired) electrons. The SMILES string of the molecule is C[C@@H](CO)Nc1nc(Nc2ccc(O)cc2)cc(-c2cccc(OC(F)(F)F)c2)n1. The summed E-state index contributed by atoms with van der Waals surface area (Å²) in [7, 11) is 0. The maximum absolute atomic E-state index is 12.5. The lowest BCUT2D eigenvalue weighted by molar-refractivity contribution is -0.274. The van der Waals surface area contributed by atoms with Gasteiger partial charge in [0.1, 0.15) is 17.3 Å². The van der Waals surface area contributed by atoms with Crippen molar-refractivity contribution in [3.63, 3.8) is 0 Å². The van der Waals surface area contributed by atoms with Crippen LogP contribution in [0.15, 0.2) is 54.6 Å². The molecule has 0 unspecified atom stereocenters. The summed E-state index contributed by atoms with van der Waals surface area (Å²) in [6, 6.07) is 12.9. The van der Waals surface area contributed by atoms with E-state index in [-0.39, 0.29) is 30.1 Å². The van der Waals surface area contributed by atoms with E-state index >= 15 is 0 Å². The highest BCUT2D eigenvalue weighted by molar-refractivity contribution is 5.68. The van der Waals surface area contributed by atoms with Crippen LogP contribution < -0.4 is 15.4 Å². The van der Waals surface area contributed by atoms with Crippen LogP contribution in [0.3, 0.4) is 0 Å². The molecule has 1 aromatic heterocycles. The van der Waals surface area contributed by atoms with Crippen LogP contribution in [0.5, 0.6) is 11.5 Å². The summed E-state index contributed by atoms with van der Waals surface area (Å²) in [6.07, 6.45) is -4.81. The van der Waals surface area contributed by atoms with Crippen molar-refractivity contribution in [1.29, 1.82) is 0 Å². The zero-order valence-electron chi connectivity index (χ0n) is 15.8. The Morgan fingerprint density at radius 2 is 1.80 bits per heavy atom. The molecule has 3 rings (SSSR count). The van der Waals surface area contributed by atoms with E-state index in [4.69, 9.17) is 0 Å². The van der Waals surface area contributed by atoms with Crippen LogP contribution in [0, 0.1) is 0 Å². The first-order chi connectivity index (χ1) is 14.2. The van der Waals surface area contributed by atoms with Gasteiger partial charge in [-0.15, -0.1) is 13.2 Å². The van der Waals surface area contributed by atoms with Crippen molar-refractivity contribution in [1.82, 2.24) is 9.97 Å². The lowest BCUT2D eigenvalue weighted by Gasteiger charge is -2.15. The molecule has 1 atom stereocenters. The minimum Gasteiger partial charge on any atom is -0.508 e. The quantitative estimate of drug-likeness (QED) is 0.423. The van der Waals surface area contributed by atoms with Gasteiger partial charge in [0.15, 0.2) is 0 Å². The Labute approximate surface area is 170 Å². The van der Waals surface area contributed by atoms with E-state index in [9.17, 15) is 23.4 Å². The second-order valence-corrected chi connectivity index (χ2v) is 6.44. The summed E-state index contributed by atoms with van der Waals surface area (Å²) in [6.45, 7) is 1.56. The molecule has 2 aromatic carbocycles. The molecule has 0 spiro atoms. The third-order valence-corrected chi connectivity index (χ3v) is 3.88. The zero-order chi connectivity index (χ0) is 21.7. The normalized spacial score (nSPS) is 12.3. The number of aliphatic hydroxyl groups is 1. The van der Waals surface area contributed by atoms with Gasteiger partial charge in [0.05, 0.1) is 12.3 Å². The van der Waals surface area contributed by atoms with Gasteiger partial charge in [0.25, 0.3) is 0 Å². The van der Waals surface area contributed by atoms with Crippen LogP contribution in [0.4, 0.5) is 30.6 Å². The van der Waals surface area contributed by atoms with Gasteiger partial charge in [-0.2, -0.15) is 4.98 Å². The molecule has 4 N–H and O–H groups in total. The first kappa shape index (κ1) is 21.2. The Balaban J connectivity index is 1.97. The lowest BCUT2D eigenvalue weighted by Crippen LogP contribution is -2.21. The second-order valence-electron chi connectivity index (χ2n) is 6.44. The average Bonchev–Trinajstić information content (AvgIpc) is 2.68. The molecule has 0 bridgehead atoms. The fourth-order valence-electron chi connectivity index (χ4n) is 2.53. The molecule has 0 amide bonds. The predicted octanol–water partition coefficient (Wildman–Crippen LogP) is 4.28. The standard InChI is InChI=1S/C20H19F3N4O3/c1-12(11-28)24-19-26-17(13-3-2-4-16(9-13)30-20(21,22)23)10-18(27-19)25-14-5-7-15(29)8-6-14/h2-10,12,28-29H,11H2,1H3,(H2,24,25,26,27)/t12-/m0/s1. The molecule has 0 aliphatic carbocycles. The van der Waals surface area contributed by atoms with Gasteiger partial charge < -0.3 is 25.6 Å². The number of hydrogen-bond donors (Lipinski definition) is 4. The number of benzene rings is 2. The number of aromatic hydroxyl groups is 1. The van der Waals surface area contributed by atoms with Crippen LogP contribution in [0.25, 0.3) is 11.3 Å². The van der Waals surface area contributed by atoms with E-state index in [1.165, 1.54) is 30.3 Å². The topological polar surface area (TPSA) is 99.5 Å². The Morgan fingerprint density at radius 3 is 2.47 bits per heavy atom. The van der Waals surface area contributed by atoms with Crippen LogP contribution in [-0.4, -0.2) is 39.2 Å². The summed E-state index contributed by atoms with van der Waals surface area (Å²) < 4.78 is 41.6.